The van der Waals surface area contributed by atoms with Crippen LogP contribution in [0.4, 0.5) is 4.39 Å². The lowest BCUT2D eigenvalue weighted by Gasteiger charge is -2.13. The monoisotopic (exact) mass is 317 g/mol. The maximum absolute atomic E-state index is 13.2. The van der Waals surface area contributed by atoms with Gasteiger partial charge in [-0.1, -0.05) is 18.2 Å². The van der Waals surface area contributed by atoms with Crippen LogP contribution in [-0.2, 0) is 13.0 Å². The molecule has 0 aliphatic rings. The van der Waals surface area contributed by atoms with Crippen molar-refractivity contribution in [1.82, 2.24) is 4.90 Å². The standard InChI is InChI=1S/C19H24FNO2/c1-21(2)11-5-7-15-9-10-18(22-3)19(13-15)23-14-16-6-4-8-17(20)12-16/h4,6,8-10,12-13H,5,7,11,14H2,1-3H3. The number of hydrogen-bond donors (Lipinski definition) is 0. The zero-order valence-corrected chi connectivity index (χ0v) is 14.0. The highest BCUT2D eigenvalue weighted by Crippen LogP contribution is 2.29. The molecule has 0 amide bonds. The van der Waals surface area contributed by atoms with Crippen molar-refractivity contribution >= 4 is 0 Å². The lowest BCUT2D eigenvalue weighted by atomic mass is 10.1. The molecule has 0 saturated heterocycles. The molecule has 0 N–H and O–H groups in total. The van der Waals surface area contributed by atoms with Crippen LogP contribution in [-0.4, -0.2) is 32.6 Å². The molecule has 23 heavy (non-hydrogen) atoms. The largest absolute Gasteiger partial charge is 0.493 e. The Balaban J connectivity index is 2.03. The summed E-state index contributed by atoms with van der Waals surface area (Å²) in [6.45, 7) is 1.36. The predicted octanol–water partition coefficient (Wildman–Crippen LogP) is 3.91. The first kappa shape index (κ1) is 17.3. The summed E-state index contributed by atoms with van der Waals surface area (Å²) < 4.78 is 24.4. The molecule has 3 nitrogen and oxygen atoms in total. The minimum Gasteiger partial charge on any atom is -0.493 e. The minimum atomic E-state index is -0.254. The Morgan fingerprint density at radius 3 is 2.52 bits per heavy atom. The van der Waals surface area contributed by atoms with Gasteiger partial charge in [0, 0.05) is 0 Å². The van der Waals surface area contributed by atoms with Crippen LogP contribution < -0.4 is 9.47 Å². The van der Waals surface area contributed by atoms with Crippen molar-refractivity contribution in [3.8, 4) is 11.5 Å². The van der Waals surface area contributed by atoms with Crippen LogP contribution in [0, 0.1) is 5.82 Å². The van der Waals surface area contributed by atoms with Crippen molar-refractivity contribution in [1.29, 1.82) is 0 Å². The molecule has 0 fully saturated rings. The second-order valence-electron chi connectivity index (χ2n) is 5.81. The van der Waals surface area contributed by atoms with Gasteiger partial charge in [0.15, 0.2) is 11.5 Å². The molecule has 0 aliphatic heterocycles. The van der Waals surface area contributed by atoms with Gasteiger partial charge in [0.2, 0.25) is 0 Å². The second kappa shape index (κ2) is 8.53. The molecular formula is C19H24FNO2. The van der Waals surface area contributed by atoms with E-state index in [1.807, 2.05) is 18.2 Å². The van der Waals surface area contributed by atoms with E-state index < -0.39 is 0 Å². The van der Waals surface area contributed by atoms with Gasteiger partial charge in [0.05, 0.1) is 7.11 Å². The van der Waals surface area contributed by atoms with Gasteiger partial charge in [-0.25, -0.2) is 4.39 Å². The van der Waals surface area contributed by atoms with Crippen LogP contribution in [0.1, 0.15) is 17.5 Å². The zero-order valence-electron chi connectivity index (χ0n) is 14.0. The third-order valence-corrected chi connectivity index (χ3v) is 3.58. The topological polar surface area (TPSA) is 21.7 Å². The van der Waals surface area contributed by atoms with E-state index in [1.165, 1.54) is 17.7 Å². The lowest BCUT2D eigenvalue weighted by Crippen LogP contribution is -2.13. The van der Waals surface area contributed by atoms with Gasteiger partial charge in [-0.05, 0) is 68.9 Å². The first-order valence-electron chi connectivity index (χ1n) is 7.77. The molecule has 0 atom stereocenters. The third-order valence-electron chi connectivity index (χ3n) is 3.58. The summed E-state index contributed by atoms with van der Waals surface area (Å²) in [6.07, 6.45) is 2.07. The average Bonchev–Trinajstić information content (AvgIpc) is 2.53. The summed E-state index contributed by atoms with van der Waals surface area (Å²) in [5, 5.41) is 0. The average molecular weight is 317 g/mol. The molecule has 2 aromatic rings. The fourth-order valence-corrected chi connectivity index (χ4v) is 2.38. The van der Waals surface area contributed by atoms with Gasteiger partial charge in [0.1, 0.15) is 12.4 Å². The van der Waals surface area contributed by atoms with Crippen LogP contribution in [0.3, 0.4) is 0 Å². The maximum atomic E-state index is 13.2. The van der Waals surface area contributed by atoms with Crippen LogP contribution in [0.25, 0.3) is 0 Å². The Labute approximate surface area is 137 Å². The summed E-state index contributed by atoms with van der Waals surface area (Å²) in [5.74, 6) is 1.13. The molecule has 0 aliphatic carbocycles. The van der Waals surface area contributed by atoms with Gasteiger partial charge >= 0.3 is 0 Å². The first-order chi connectivity index (χ1) is 11.1. The van der Waals surface area contributed by atoms with Crippen LogP contribution in [0.15, 0.2) is 42.5 Å². The zero-order chi connectivity index (χ0) is 16.7. The van der Waals surface area contributed by atoms with E-state index in [0.717, 1.165) is 24.9 Å². The van der Waals surface area contributed by atoms with Crippen LogP contribution >= 0.6 is 0 Å². The molecular weight excluding hydrogens is 293 g/mol. The van der Waals surface area contributed by atoms with Gasteiger partial charge < -0.3 is 14.4 Å². The number of halogens is 1. The number of rotatable bonds is 8. The predicted molar refractivity (Wildman–Crippen MR) is 90.6 cm³/mol. The third kappa shape index (κ3) is 5.57. The minimum absolute atomic E-state index is 0.254. The maximum Gasteiger partial charge on any atom is 0.161 e. The number of nitrogens with zero attached hydrogens (tertiary/aromatic N) is 1. The molecule has 0 saturated carbocycles. The lowest BCUT2D eigenvalue weighted by molar-refractivity contribution is 0.283. The first-order valence-corrected chi connectivity index (χ1v) is 7.77. The molecule has 0 spiro atoms. The van der Waals surface area contributed by atoms with Crippen molar-refractivity contribution in [3.05, 3.63) is 59.4 Å². The molecule has 0 aromatic heterocycles. The quantitative estimate of drug-likeness (QED) is 0.737. The van der Waals surface area contributed by atoms with Crippen LogP contribution in [0.2, 0.25) is 0 Å². The van der Waals surface area contributed by atoms with Crippen molar-refractivity contribution in [2.45, 2.75) is 19.4 Å². The van der Waals surface area contributed by atoms with Crippen LogP contribution in [0.5, 0.6) is 11.5 Å². The molecule has 124 valence electrons. The van der Waals surface area contributed by atoms with Crippen molar-refractivity contribution in [2.24, 2.45) is 0 Å². The summed E-state index contributed by atoms with van der Waals surface area (Å²) in [4.78, 5) is 2.17. The Morgan fingerprint density at radius 1 is 1.00 bits per heavy atom. The van der Waals surface area contributed by atoms with E-state index in [0.29, 0.717) is 18.1 Å². The van der Waals surface area contributed by atoms with E-state index in [-0.39, 0.29) is 5.82 Å². The highest BCUT2D eigenvalue weighted by Gasteiger charge is 2.07. The fraction of sp³-hybridized carbons (Fsp3) is 0.368. The van der Waals surface area contributed by atoms with Crippen molar-refractivity contribution < 1.29 is 13.9 Å². The SMILES string of the molecule is COc1ccc(CCCN(C)C)cc1OCc1cccc(F)c1. The molecule has 0 unspecified atom stereocenters. The Kier molecular flexibility index (Phi) is 6.41. The Morgan fingerprint density at radius 2 is 1.83 bits per heavy atom. The van der Waals surface area contributed by atoms with E-state index in [4.69, 9.17) is 9.47 Å². The summed E-state index contributed by atoms with van der Waals surface area (Å²) in [5.41, 5.74) is 2.01. The highest BCUT2D eigenvalue weighted by atomic mass is 19.1. The Bertz CT molecular complexity index is 629. The second-order valence-corrected chi connectivity index (χ2v) is 5.81. The van der Waals surface area contributed by atoms with Gasteiger partial charge in [0.25, 0.3) is 0 Å². The summed E-state index contributed by atoms with van der Waals surface area (Å²) in [6, 6.07) is 12.4. The fourth-order valence-electron chi connectivity index (χ4n) is 2.38. The van der Waals surface area contributed by atoms with Crippen molar-refractivity contribution in [3.63, 3.8) is 0 Å². The molecule has 0 heterocycles. The summed E-state index contributed by atoms with van der Waals surface area (Å²) in [7, 11) is 5.76. The number of aryl methyl sites for hydroxylation is 1. The number of ether oxygens (including phenoxy) is 2. The number of hydrogen-bond acceptors (Lipinski definition) is 3. The normalized spacial score (nSPS) is 10.8. The molecule has 0 radical (unpaired) electrons. The highest BCUT2D eigenvalue weighted by molar-refractivity contribution is 5.43. The van der Waals surface area contributed by atoms with Gasteiger partial charge in [-0.2, -0.15) is 0 Å². The van der Waals surface area contributed by atoms with E-state index >= 15 is 0 Å². The van der Waals surface area contributed by atoms with Crippen molar-refractivity contribution in [2.75, 3.05) is 27.7 Å². The number of benzene rings is 2. The van der Waals surface area contributed by atoms with E-state index in [1.54, 1.807) is 13.2 Å². The molecule has 0 bridgehead atoms. The molecule has 4 heteroatoms. The van der Waals surface area contributed by atoms with E-state index in [9.17, 15) is 4.39 Å². The smallest absolute Gasteiger partial charge is 0.161 e. The molecule has 2 aromatic carbocycles. The summed E-state index contributed by atoms with van der Waals surface area (Å²) >= 11 is 0. The number of methoxy groups -OCH3 is 1. The van der Waals surface area contributed by atoms with E-state index in [2.05, 4.69) is 25.1 Å². The van der Waals surface area contributed by atoms with Gasteiger partial charge in [-0.15, -0.1) is 0 Å². The molecule has 2 rings (SSSR count). The Hall–Kier alpha value is -2.07. The van der Waals surface area contributed by atoms with Gasteiger partial charge in [-0.3, -0.25) is 0 Å².